The summed E-state index contributed by atoms with van der Waals surface area (Å²) in [5.74, 6) is -0.875. The van der Waals surface area contributed by atoms with Crippen LogP contribution in [0, 0.1) is 0 Å². The number of phosphoric ester groups is 1. The number of carbonyl (C=O) groups is 2. The maximum atomic E-state index is 12.6. The maximum absolute atomic E-state index is 12.6. The first kappa shape index (κ1) is 53.0. The fourth-order valence-corrected chi connectivity index (χ4v) is 6.64. The molecule has 9 nitrogen and oxygen atoms in total. The van der Waals surface area contributed by atoms with Gasteiger partial charge in [0.15, 0.2) is 6.10 Å². The molecule has 0 radical (unpaired) electrons. The minimum atomic E-state index is -4.39. The van der Waals surface area contributed by atoms with E-state index in [-0.39, 0.29) is 32.6 Å². The Bertz CT molecular complexity index is 1040. The molecule has 0 saturated carbocycles. The summed E-state index contributed by atoms with van der Waals surface area (Å²) in [7, 11) is -4.39. The van der Waals surface area contributed by atoms with Gasteiger partial charge in [0.25, 0.3) is 0 Å². The average molecular weight is 796 g/mol. The molecule has 0 aliphatic carbocycles. The van der Waals surface area contributed by atoms with Crippen molar-refractivity contribution >= 4 is 19.8 Å². The smallest absolute Gasteiger partial charge is 0.462 e. The molecule has 0 aliphatic heterocycles. The summed E-state index contributed by atoms with van der Waals surface area (Å²) in [6.45, 7) is 3.65. The van der Waals surface area contributed by atoms with Crippen molar-refractivity contribution in [3.63, 3.8) is 0 Å². The molecule has 0 aromatic carbocycles. The van der Waals surface area contributed by atoms with Crippen LogP contribution in [-0.2, 0) is 32.7 Å². The lowest BCUT2D eigenvalue weighted by atomic mass is 10.1. The Hall–Kier alpha value is -2.03. The Morgan fingerprint density at radius 1 is 0.545 bits per heavy atom. The molecular weight excluding hydrogens is 713 g/mol. The zero-order valence-corrected chi connectivity index (χ0v) is 36.0. The predicted molar refractivity (Wildman–Crippen MR) is 229 cm³/mol. The molecule has 0 aromatic rings. The fraction of sp³-hybridized carbons (Fsp3) is 0.778. The van der Waals surface area contributed by atoms with Gasteiger partial charge in [0.1, 0.15) is 6.61 Å². The van der Waals surface area contributed by atoms with Gasteiger partial charge in [-0.05, 0) is 77.0 Å². The first-order valence-electron chi connectivity index (χ1n) is 22.1. The zero-order chi connectivity index (χ0) is 40.3. The van der Waals surface area contributed by atoms with Crippen LogP contribution in [0.15, 0.2) is 48.6 Å². The molecule has 2 atom stereocenters. The average Bonchev–Trinajstić information content (AvgIpc) is 3.17. The summed E-state index contributed by atoms with van der Waals surface area (Å²) in [5, 5.41) is 0. The van der Waals surface area contributed by atoms with E-state index in [1.807, 2.05) is 0 Å². The number of unbranched alkanes of at least 4 members (excludes halogenated alkanes) is 20. The second-order valence-corrected chi connectivity index (χ2v) is 16.0. The molecule has 0 aromatic heterocycles. The van der Waals surface area contributed by atoms with Gasteiger partial charge < -0.3 is 20.1 Å². The van der Waals surface area contributed by atoms with Crippen LogP contribution < -0.4 is 5.73 Å². The SMILES string of the molecule is CCCCC/C=C/C/C=C/C/C=C/CCCCC(=O)O[C@H](COC(=O)CCCCCCCCCCC/C=C/CCCCCCCC)COP(=O)(O)OCCN. The van der Waals surface area contributed by atoms with Crippen molar-refractivity contribution in [2.45, 2.75) is 200 Å². The highest BCUT2D eigenvalue weighted by atomic mass is 31.2. The van der Waals surface area contributed by atoms with Crippen LogP contribution in [-0.4, -0.2) is 49.3 Å². The molecule has 1 unspecified atom stereocenters. The third-order valence-corrected chi connectivity index (χ3v) is 10.2. The van der Waals surface area contributed by atoms with Gasteiger partial charge in [-0.1, -0.05) is 152 Å². The van der Waals surface area contributed by atoms with E-state index < -0.39 is 32.5 Å². The number of allylic oxidation sites excluding steroid dienone is 8. The quantitative estimate of drug-likeness (QED) is 0.0268. The Labute approximate surface area is 336 Å². The first-order valence-corrected chi connectivity index (χ1v) is 23.6. The first-order chi connectivity index (χ1) is 26.8. The standard InChI is InChI=1S/C45H82NO8P/c1-3-5-7-9-11-13-15-17-19-20-21-22-24-25-27-29-31-33-35-37-44(47)51-41-43(42-53-55(49,50)52-40-39-46)54-45(48)38-36-34-32-30-28-26-23-18-16-14-12-10-8-6-4-2/h12,14,17-19,23,28,30,43H,3-11,13,15-16,20-22,24-27,29,31-42,46H2,1-2H3,(H,49,50)/b14-12+,19-17+,23-18+,30-28+/t43-/m1/s1. The maximum Gasteiger partial charge on any atom is 0.472 e. The van der Waals surface area contributed by atoms with Crippen molar-refractivity contribution in [2.75, 3.05) is 26.4 Å². The predicted octanol–water partition coefficient (Wildman–Crippen LogP) is 12.7. The topological polar surface area (TPSA) is 134 Å². The minimum Gasteiger partial charge on any atom is -0.462 e. The third kappa shape index (κ3) is 41.4. The van der Waals surface area contributed by atoms with Crippen molar-refractivity contribution < 1.29 is 37.6 Å². The Kier molecular flexibility index (Phi) is 40.1. The number of nitrogens with two attached hydrogens (primary N) is 1. The van der Waals surface area contributed by atoms with Crippen LogP contribution in [0.3, 0.4) is 0 Å². The number of hydrogen-bond acceptors (Lipinski definition) is 8. The number of phosphoric acid groups is 1. The molecule has 0 amide bonds. The second kappa shape index (κ2) is 41.6. The molecule has 0 saturated heterocycles. The number of rotatable bonds is 41. The normalized spacial score (nSPS) is 13.7. The monoisotopic (exact) mass is 796 g/mol. The Morgan fingerprint density at radius 3 is 1.49 bits per heavy atom. The summed E-state index contributed by atoms with van der Waals surface area (Å²) in [4.78, 5) is 34.9. The van der Waals surface area contributed by atoms with Gasteiger partial charge in [-0.2, -0.15) is 0 Å². The number of carbonyl (C=O) groups excluding carboxylic acids is 2. The Balaban J connectivity index is 4.18. The highest BCUT2D eigenvalue weighted by molar-refractivity contribution is 7.47. The van der Waals surface area contributed by atoms with E-state index in [1.165, 1.54) is 109 Å². The molecule has 0 heterocycles. The summed E-state index contributed by atoms with van der Waals surface area (Å²) in [6.07, 6.45) is 47.1. The van der Waals surface area contributed by atoms with Crippen molar-refractivity contribution in [1.29, 1.82) is 0 Å². The van der Waals surface area contributed by atoms with E-state index in [9.17, 15) is 19.0 Å². The van der Waals surface area contributed by atoms with Crippen LogP contribution in [0.4, 0.5) is 0 Å². The van der Waals surface area contributed by atoms with Gasteiger partial charge in [0.2, 0.25) is 0 Å². The lowest BCUT2D eigenvalue weighted by Gasteiger charge is -2.19. The highest BCUT2D eigenvalue weighted by Gasteiger charge is 2.26. The summed E-state index contributed by atoms with van der Waals surface area (Å²) < 4.78 is 32.7. The number of ether oxygens (including phenoxy) is 2. The second-order valence-electron chi connectivity index (χ2n) is 14.6. The van der Waals surface area contributed by atoms with Crippen molar-refractivity contribution in [2.24, 2.45) is 5.73 Å². The molecular formula is C45H82NO8P. The Morgan fingerprint density at radius 2 is 0.945 bits per heavy atom. The molecule has 0 spiro atoms. The van der Waals surface area contributed by atoms with Gasteiger partial charge >= 0.3 is 19.8 Å². The van der Waals surface area contributed by atoms with E-state index in [1.54, 1.807) is 0 Å². The van der Waals surface area contributed by atoms with Crippen molar-refractivity contribution in [1.82, 2.24) is 0 Å². The van der Waals surface area contributed by atoms with Crippen molar-refractivity contribution in [3.8, 4) is 0 Å². The van der Waals surface area contributed by atoms with E-state index >= 15 is 0 Å². The van der Waals surface area contributed by atoms with Gasteiger partial charge in [0.05, 0.1) is 13.2 Å². The summed E-state index contributed by atoms with van der Waals surface area (Å²) in [5.41, 5.74) is 5.34. The van der Waals surface area contributed by atoms with Crippen LogP contribution in [0.1, 0.15) is 194 Å². The van der Waals surface area contributed by atoms with E-state index in [0.29, 0.717) is 6.42 Å². The molecule has 10 heteroatoms. The van der Waals surface area contributed by atoms with Crippen LogP contribution in [0.5, 0.6) is 0 Å². The van der Waals surface area contributed by atoms with E-state index in [4.69, 9.17) is 24.3 Å². The van der Waals surface area contributed by atoms with E-state index in [0.717, 1.165) is 51.4 Å². The van der Waals surface area contributed by atoms with Crippen LogP contribution >= 0.6 is 7.82 Å². The fourth-order valence-electron chi connectivity index (χ4n) is 5.87. The molecule has 0 rings (SSSR count). The molecule has 320 valence electrons. The van der Waals surface area contributed by atoms with Crippen LogP contribution in [0.2, 0.25) is 0 Å². The zero-order valence-electron chi connectivity index (χ0n) is 35.2. The van der Waals surface area contributed by atoms with E-state index in [2.05, 4.69) is 62.5 Å². The summed E-state index contributed by atoms with van der Waals surface area (Å²) >= 11 is 0. The van der Waals surface area contributed by atoms with Crippen LogP contribution in [0.25, 0.3) is 0 Å². The third-order valence-electron chi connectivity index (χ3n) is 9.19. The lowest BCUT2D eigenvalue weighted by Crippen LogP contribution is -2.29. The molecule has 0 aliphatic rings. The number of hydrogen-bond donors (Lipinski definition) is 2. The van der Waals surface area contributed by atoms with Crippen molar-refractivity contribution in [3.05, 3.63) is 48.6 Å². The molecule has 0 fully saturated rings. The molecule has 3 N–H and O–H groups in total. The van der Waals surface area contributed by atoms with Gasteiger partial charge in [-0.15, -0.1) is 0 Å². The lowest BCUT2D eigenvalue weighted by molar-refractivity contribution is -0.161. The highest BCUT2D eigenvalue weighted by Crippen LogP contribution is 2.43. The summed E-state index contributed by atoms with van der Waals surface area (Å²) in [6, 6.07) is 0. The molecule has 55 heavy (non-hydrogen) atoms. The largest absolute Gasteiger partial charge is 0.472 e. The molecule has 0 bridgehead atoms. The van der Waals surface area contributed by atoms with Gasteiger partial charge in [0, 0.05) is 19.4 Å². The van der Waals surface area contributed by atoms with Gasteiger partial charge in [-0.25, -0.2) is 4.57 Å². The minimum absolute atomic E-state index is 0.0458. The number of esters is 2. The van der Waals surface area contributed by atoms with Gasteiger partial charge in [-0.3, -0.25) is 18.6 Å².